The maximum absolute atomic E-state index is 11.4. The second kappa shape index (κ2) is 8.30. The van der Waals surface area contributed by atoms with Crippen molar-refractivity contribution in [1.82, 2.24) is 9.97 Å². The van der Waals surface area contributed by atoms with E-state index in [1.54, 1.807) is 17.5 Å². The van der Waals surface area contributed by atoms with Crippen LogP contribution in [0, 0.1) is 18.3 Å². The molecular weight excluding hydrogens is 434 g/mol. The molecule has 0 radical (unpaired) electrons. The Morgan fingerprint density at radius 1 is 1.15 bits per heavy atom. The molecule has 0 aliphatic rings. The minimum Gasteiger partial charge on any atom is -0.453 e. The molecule has 1 amide bonds. The van der Waals surface area contributed by atoms with Crippen LogP contribution in [0.1, 0.15) is 11.1 Å². The first kappa shape index (κ1) is 20.5. The van der Waals surface area contributed by atoms with Crippen molar-refractivity contribution in [2.45, 2.75) is 6.92 Å². The average molecular weight is 454 g/mol. The number of thiophene rings is 1. The molecule has 0 atom stereocenters. The summed E-state index contributed by atoms with van der Waals surface area (Å²) < 4.78 is 4.63. The summed E-state index contributed by atoms with van der Waals surface area (Å²) in [5.41, 5.74) is 5.98. The van der Waals surface area contributed by atoms with E-state index in [0.717, 1.165) is 48.5 Å². The number of aromatic nitrogens is 2. The molecular formula is C25H19N5O2S. The van der Waals surface area contributed by atoms with Gasteiger partial charge in [0.2, 0.25) is 0 Å². The van der Waals surface area contributed by atoms with Gasteiger partial charge < -0.3 is 15.0 Å². The van der Waals surface area contributed by atoms with Crippen LogP contribution in [0.2, 0.25) is 0 Å². The quantitative estimate of drug-likeness (QED) is 0.286. The third kappa shape index (κ3) is 3.75. The maximum Gasteiger partial charge on any atom is 0.411 e. The van der Waals surface area contributed by atoms with Gasteiger partial charge in [0.1, 0.15) is 10.9 Å². The number of carbonyl (C=O) groups excluding carboxylic acids is 1. The summed E-state index contributed by atoms with van der Waals surface area (Å²) in [5, 5.41) is 17.9. The monoisotopic (exact) mass is 453 g/mol. The summed E-state index contributed by atoms with van der Waals surface area (Å²) in [6.45, 7) is 2.06. The number of nitrogens with one attached hydrogen (secondary N) is 3. The third-order valence-electron chi connectivity index (χ3n) is 5.55. The second-order valence-electron chi connectivity index (χ2n) is 7.48. The minimum absolute atomic E-state index is 0.484. The number of carbonyl (C=O) groups is 1. The van der Waals surface area contributed by atoms with Gasteiger partial charge in [0, 0.05) is 44.9 Å². The fourth-order valence-electron chi connectivity index (χ4n) is 3.79. The van der Waals surface area contributed by atoms with Gasteiger partial charge in [0.15, 0.2) is 0 Å². The van der Waals surface area contributed by atoms with Gasteiger partial charge in [-0.2, -0.15) is 5.26 Å². The molecule has 0 bridgehead atoms. The van der Waals surface area contributed by atoms with Crippen LogP contribution in [0.4, 0.5) is 21.9 Å². The number of anilines is 3. The summed E-state index contributed by atoms with van der Waals surface area (Å²) in [6.07, 6.45) is 3.02. The Morgan fingerprint density at radius 2 is 1.97 bits per heavy atom. The van der Waals surface area contributed by atoms with Crippen LogP contribution < -0.4 is 10.6 Å². The number of amides is 1. The molecule has 0 saturated carbocycles. The molecule has 3 N–H and O–H groups in total. The molecule has 0 fully saturated rings. The van der Waals surface area contributed by atoms with Gasteiger partial charge in [-0.05, 0) is 54.4 Å². The fourth-order valence-corrected chi connectivity index (χ4v) is 4.81. The first-order chi connectivity index (χ1) is 16.1. The summed E-state index contributed by atoms with van der Waals surface area (Å²) >= 11 is 1.55. The van der Waals surface area contributed by atoms with E-state index in [0.29, 0.717) is 11.3 Å². The van der Waals surface area contributed by atoms with Gasteiger partial charge in [0.25, 0.3) is 0 Å². The Kier molecular flexibility index (Phi) is 5.17. The first-order valence-corrected chi connectivity index (χ1v) is 11.0. The predicted octanol–water partition coefficient (Wildman–Crippen LogP) is 6.55. The summed E-state index contributed by atoms with van der Waals surface area (Å²) in [4.78, 5) is 21.0. The van der Waals surface area contributed by atoms with E-state index in [2.05, 4.69) is 38.3 Å². The van der Waals surface area contributed by atoms with Crippen LogP contribution in [0.25, 0.3) is 31.6 Å². The number of hydrogen-bond acceptors (Lipinski definition) is 6. The number of hydrogen-bond donors (Lipinski definition) is 3. The van der Waals surface area contributed by atoms with Crippen molar-refractivity contribution in [3.63, 3.8) is 0 Å². The molecule has 33 heavy (non-hydrogen) atoms. The van der Waals surface area contributed by atoms with E-state index in [1.165, 1.54) is 7.11 Å². The molecule has 0 aliphatic carbocycles. The Hall–Kier alpha value is -4.35. The third-order valence-corrected chi connectivity index (χ3v) is 6.64. The van der Waals surface area contributed by atoms with Gasteiger partial charge in [-0.15, -0.1) is 11.3 Å². The molecule has 162 valence electrons. The smallest absolute Gasteiger partial charge is 0.411 e. The van der Waals surface area contributed by atoms with Gasteiger partial charge in [0.05, 0.1) is 18.4 Å². The van der Waals surface area contributed by atoms with Crippen LogP contribution in [0.15, 0.2) is 60.9 Å². The zero-order valence-corrected chi connectivity index (χ0v) is 18.7. The van der Waals surface area contributed by atoms with E-state index >= 15 is 0 Å². The number of nitrogens with zero attached hydrogens (tertiary/aromatic N) is 2. The Balaban J connectivity index is 1.54. The minimum atomic E-state index is -0.512. The molecule has 3 aromatic heterocycles. The van der Waals surface area contributed by atoms with Crippen molar-refractivity contribution >= 4 is 55.6 Å². The molecule has 8 heteroatoms. The molecule has 5 rings (SSSR count). The zero-order chi connectivity index (χ0) is 22.9. The molecule has 5 aromatic rings. The van der Waals surface area contributed by atoms with Crippen molar-refractivity contribution in [1.29, 1.82) is 5.26 Å². The van der Waals surface area contributed by atoms with Crippen molar-refractivity contribution in [3.05, 3.63) is 72.1 Å². The molecule has 0 aliphatic heterocycles. The van der Waals surface area contributed by atoms with Crippen LogP contribution in [-0.2, 0) is 4.74 Å². The molecule has 0 saturated heterocycles. The number of benzene rings is 2. The lowest BCUT2D eigenvalue weighted by Gasteiger charge is -2.12. The highest BCUT2D eigenvalue weighted by molar-refractivity contribution is 7.22. The highest BCUT2D eigenvalue weighted by Gasteiger charge is 2.15. The van der Waals surface area contributed by atoms with Crippen LogP contribution >= 0.6 is 11.3 Å². The average Bonchev–Trinajstić information content (AvgIpc) is 3.49. The topological polar surface area (TPSA) is 103 Å². The number of nitriles is 1. The molecule has 7 nitrogen and oxygen atoms in total. The summed E-state index contributed by atoms with van der Waals surface area (Å²) in [5.74, 6) is 0. The van der Waals surface area contributed by atoms with Gasteiger partial charge in [-0.1, -0.05) is 12.1 Å². The fraction of sp³-hybridized carbons (Fsp3) is 0.0800. The van der Waals surface area contributed by atoms with E-state index in [1.807, 2.05) is 54.7 Å². The predicted molar refractivity (Wildman–Crippen MR) is 132 cm³/mol. The lowest BCUT2D eigenvalue weighted by molar-refractivity contribution is 0.187. The van der Waals surface area contributed by atoms with Gasteiger partial charge in [-0.25, -0.2) is 9.78 Å². The Bertz CT molecular complexity index is 1540. The lowest BCUT2D eigenvalue weighted by Crippen LogP contribution is -2.10. The van der Waals surface area contributed by atoms with Gasteiger partial charge >= 0.3 is 6.09 Å². The summed E-state index contributed by atoms with van der Waals surface area (Å²) in [6, 6.07) is 17.9. The Labute approximate surface area is 193 Å². The molecule has 0 unspecified atom stereocenters. The normalized spacial score (nSPS) is 10.8. The van der Waals surface area contributed by atoms with Crippen molar-refractivity contribution in [2.75, 3.05) is 17.7 Å². The number of ether oxygens (including phenoxy) is 1. The van der Waals surface area contributed by atoms with E-state index in [9.17, 15) is 10.1 Å². The molecule has 0 spiro atoms. The van der Waals surface area contributed by atoms with E-state index in [4.69, 9.17) is 0 Å². The number of H-pyrrole nitrogens is 1. The standard InChI is InChI=1S/C25H19N5O2S/c1-14-18-9-10-27-21(18)8-7-20(14)30-23-16(12-26)13-28-24-19(23)11-22(33-24)15-3-5-17(6-4-15)29-25(31)32-2/h3-11,13,27H,1-2H3,(H,28,30)(H,29,31). The van der Waals surface area contributed by atoms with Gasteiger partial charge in [-0.3, -0.25) is 5.32 Å². The van der Waals surface area contributed by atoms with Crippen molar-refractivity contribution in [2.24, 2.45) is 0 Å². The number of aromatic amines is 1. The molecule has 2 aromatic carbocycles. The second-order valence-corrected chi connectivity index (χ2v) is 8.51. The SMILES string of the molecule is COC(=O)Nc1ccc(-c2cc3c(Nc4ccc5[nH]ccc5c4C)c(C#N)cnc3s2)cc1. The van der Waals surface area contributed by atoms with Crippen LogP contribution in [0.5, 0.6) is 0 Å². The van der Waals surface area contributed by atoms with E-state index in [-0.39, 0.29) is 0 Å². The highest BCUT2D eigenvalue weighted by Crippen LogP contribution is 2.39. The lowest BCUT2D eigenvalue weighted by atomic mass is 10.1. The number of fused-ring (bicyclic) bond motifs is 2. The van der Waals surface area contributed by atoms with Crippen LogP contribution in [-0.4, -0.2) is 23.2 Å². The number of pyridine rings is 1. The first-order valence-electron chi connectivity index (χ1n) is 10.2. The number of aryl methyl sites for hydroxylation is 1. The molecule has 3 heterocycles. The highest BCUT2D eigenvalue weighted by atomic mass is 32.1. The number of rotatable bonds is 4. The van der Waals surface area contributed by atoms with E-state index < -0.39 is 6.09 Å². The van der Waals surface area contributed by atoms with Crippen molar-refractivity contribution in [3.8, 4) is 16.5 Å². The maximum atomic E-state index is 11.4. The van der Waals surface area contributed by atoms with Crippen molar-refractivity contribution < 1.29 is 9.53 Å². The summed E-state index contributed by atoms with van der Waals surface area (Å²) in [7, 11) is 1.33. The van der Waals surface area contributed by atoms with Crippen LogP contribution in [0.3, 0.4) is 0 Å². The zero-order valence-electron chi connectivity index (χ0n) is 17.9. The largest absolute Gasteiger partial charge is 0.453 e. The Morgan fingerprint density at radius 3 is 2.73 bits per heavy atom. The number of methoxy groups -OCH3 is 1.